The Balaban J connectivity index is 1.97. The van der Waals surface area contributed by atoms with E-state index < -0.39 is 6.04 Å². The first-order valence-electron chi connectivity index (χ1n) is 12.0. The van der Waals surface area contributed by atoms with Crippen molar-refractivity contribution in [3.63, 3.8) is 0 Å². The van der Waals surface area contributed by atoms with E-state index in [9.17, 15) is 9.59 Å². The Morgan fingerprint density at radius 3 is 2.14 bits per heavy atom. The summed E-state index contributed by atoms with van der Waals surface area (Å²) in [5, 5.41) is 3.81. The van der Waals surface area contributed by atoms with Gasteiger partial charge in [0.15, 0.2) is 6.61 Å². The number of halogens is 3. The Hall–Kier alpha value is -2.54. The van der Waals surface area contributed by atoms with Crippen molar-refractivity contribution >= 4 is 50.9 Å². The van der Waals surface area contributed by atoms with Gasteiger partial charge in [0.1, 0.15) is 11.8 Å². The predicted octanol–water partition coefficient (Wildman–Crippen LogP) is 6.92. The minimum absolute atomic E-state index is 0.0576. The van der Waals surface area contributed by atoms with Crippen molar-refractivity contribution in [1.29, 1.82) is 0 Å². The Morgan fingerprint density at radius 1 is 0.973 bits per heavy atom. The average Bonchev–Trinajstić information content (AvgIpc) is 2.84. The first-order chi connectivity index (χ1) is 17.6. The van der Waals surface area contributed by atoms with Gasteiger partial charge in [-0.05, 0) is 68.7 Å². The third-order valence-corrected chi connectivity index (χ3v) is 7.82. The van der Waals surface area contributed by atoms with Gasteiger partial charge in [-0.3, -0.25) is 9.59 Å². The van der Waals surface area contributed by atoms with Gasteiger partial charge in [-0.2, -0.15) is 0 Å². The summed E-state index contributed by atoms with van der Waals surface area (Å²) in [7, 11) is 0. The average molecular weight is 606 g/mol. The summed E-state index contributed by atoms with van der Waals surface area (Å²) < 4.78 is 6.91. The number of ether oxygens (including phenoxy) is 1. The Morgan fingerprint density at radius 2 is 1.57 bits per heavy atom. The standard InChI is InChI=1S/C29H31BrCl2N2O3/c1-18(2)33-29(36)26(15-21-9-6-5-7-10-21)34(16-23-24(31)11-8-12-25(23)32)27(35)17-37-22-13-19(3)28(30)20(4)14-22/h5-14,18,26H,15-17H2,1-4H3,(H,33,36)/t26-/m0/s1. The molecule has 0 aliphatic carbocycles. The fourth-order valence-electron chi connectivity index (χ4n) is 4.01. The summed E-state index contributed by atoms with van der Waals surface area (Å²) in [6.07, 6.45) is 0.323. The molecule has 5 nitrogen and oxygen atoms in total. The lowest BCUT2D eigenvalue weighted by molar-refractivity contribution is -0.143. The van der Waals surface area contributed by atoms with Crippen LogP contribution in [0.25, 0.3) is 0 Å². The molecule has 1 atom stereocenters. The van der Waals surface area contributed by atoms with Gasteiger partial charge in [-0.25, -0.2) is 0 Å². The molecule has 2 amide bonds. The van der Waals surface area contributed by atoms with Crippen LogP contribution in [-0.2, 0) is 22.6 Å². The van der Waals surface area contributed by atoms with Gasteiger partial charge >= 0.3 is 0 Å². The number of hydrogen-bond acceptors (Lipinski definition) is 3. The zero-order valence-corrected chi connectivity index (χ0v) is 24.5. The fourth-order valence-corrected chi connectivity index (χ4v) is 4.75. The van der Waals surface area contributed by atoms with E-state index in [2.05, 4.69) is 21.2 Å². The van der Waals surface area contributed by atoms with E-state index in [-0.39, 0.29) is 31.0 Å². The molecule has 0 saturated heterocycles. The van der Waals surface area contributed by atoms with Crippen molar-refractivity contribution < 1.29 is 14.3 Å². The van der Waals surface area contributed by atoms with E-state index in [0.29, 0.717) is 27.8 Å². The maximum atomic E-state index is 13.7. The second-order valence-corrected chi connectivity index (χ2v) is 10.9. The van der Waals surface area contributed by atoms with Crippen molar-refractivity contribution in [3.8, 4) is 5.75 Å². The maximum Gasteiger partial charge on any atom is 0.261 e. The van der Waals surface area contributed by atoms with Crippen LogP contribution in [0.15, 0.2) is 65.1 Å². The molecular weight excluding hydrogens is 575 g/mol. The minimum Gasteiger partial charge on any atom is -0.484 e. The maximum absolute atomic E-state index is 13.7. The zero-order chi connectivity index (χ0) is 27.1. The van der Waals surface area contributed by atoms with Crippen LogP contribution in [0, 0.1) is 13.8 Å². The largest absolute Gasteiger partial charge is 0.484 e. The summed E-state index contributed by atoms with van der Waals surface area (Å²) in [5.41, 5.74) is 3.50. The third-order valence-electron chi connectivity index (χ3n) is 5.86. The van der Waals surface area contributed by atoms with Gasteiger partial charge in [0.25, 0.3) is 5.91 Å². The molecule has 8 heteroatoms. The summed E-state index contributed by atoms with van der Waals surface area (Å²) in [4.78, 5) is 28.7. The molecule has 0 aromatic heterocycles. The molecule has 0 heterocycles. The Kier molecular flexibility index (Phi) is 10.4. The van der Waals surface area contributed by atoms with E-state index in [1.165, 1.54) is 4.90 Å². The Labute approximate surface area is 237 Å². The normalized spacial score (nSPS) is 11.8. The molecule has 3 aromatic carbocycles. The summed E-state index contributed by atoms with van der Waals surface area (Å²) in [5.74, 6) is -0.0340. The molecule has 0 unspecified atom stereocenters. The lowest BCUT2D eigenvalue weighted by atomic mass is 10.0. The molecule has 37 heavy (non-hydrogen) atoms. The lowest BCUT2D eigenvalue weighted by Crippen LogP contribution is -2.52. The molecule has 0 fully saturated rings. The van der Waals surface area contributed by atoms with E-state index >= 15 is 0 Å². The number of benzene rings is 3. The first-order valence-corrected chi connectivity index (χ1v) is 13.6. The van der Waals surface area contributed by atoms with Gasteiger partial charge in [0.2, 0.25) is 5.91 Å². The Bertz CT molecular complexity index is 1210. The molecule has 3 rings (SSSR count). The number of nitrogens with one attached hydrogen (secondary N) is 1. The van der Waals surface area contributed by atoms with Crippen LogP contribution >= 0.6 is 39.1 Å². The van der Waals surface area contributed by atoms with E-state index in [4.69, 9.17) is 27.9 Å². The number of aryl methyl sites for hydroxylation is 2. The third kappa shape index (κ3) is 7.97. The van der Waals surface area contributed by atoms with Crippen LogP contribution in [-0.4, -0.2) is 35.4 Å². The van der Waals surface area contributed by atoms with Crippen LogP contribution in [0.2, 0.25) is 10.0 Å². The first kappa shape index (κ1) is 29.0. The highest BCUT2D eigenvalue weighted by Crippen LogP contribution is 2.28. The zero-order valence-electron chi connectivity index (χ0n) is 21.4. The van der Waals surface area contributed by atoms with Crippen molar-refractivity contribution in [1.82, 2.24) is 10.2 Å². The number of carbonyl (C=O) groups excluding carboxylic acids is 2. The highest BCUT2D eigenvalue weighted by Gasteiger charge is 2.32. The number of carbonyl (C=O) groups is 2. The van der Waals surface area contributed by atoms with Gasteiger partial charge in [0, 0.05) is 39.1 Å². The van der Waals surface area contributed by atoms with Crippen LogP contribution < -0.4 is 10.1 Å². The van der Waals surface area contributed by atoms with Crippen LogP contribution in [0.1, 0.15) is 36.1 Å². The second-order valence-electron chi connectivity index (χ2n) is 9.25. The second kappa shape index (κ2) is 13.3. The van der Waals surface area contributed by atoms with Gasteiger partial charge in [0.05, 0.1) is 0 Å². The quantitative estimate of drug-likeness (QED) is 0.273. The van der Waals surface area contributed by atoms with E-state index in [1.807, 2.05) is 70.2 Å². The fraction of sp³-hybridized carbons (Fsp3) is 0.310. The van der Waals surface area contributed by atoms with Gasteiger partial charge < -0.3 is 15.0 Å². The monoisotopic (exact) mass is 604 g/mol. The van der Waals surface area contributed by atoms with Crippen LogP contribution in [0.5, 0.6) is 5.75 Å². The molecular formula is C29H31BrCl2N2O3. The molecule has 1 N–H and O–H groups in total. The summed E-state index contributed by atoms with van der Waals surface area (Å²) in [6, 6.07) is 17.6. The molecule has 196 valence electrons. The predicted molar refractivity (Wildman–Crippen MR) is 153 cm³/mol. The number of rotatable bonds is 10. The lowest BCUT2D eigenvalue weighted by Gasteiger charge is -2.32. The number of amides is 2. The number of nitrogens with zero attached hydrogens (tertiary/aromatic N) is 1. The molecule has 0 bridgehead atoms. The number of hydrogen-bond donors (Lipinski definition) is 1. The van der Waals surface area contributed by atoms with Crippen molar-refractivity contribution in [3.05, 3.63) is 97.4 Å². The highest BCUT2D eigenvalue weighted by molar-refractivity contribution is 9.10. The molecule has 0 aliphatic rings. The summed E-state index contributed by atoms with van der Waals surface area (Å²) >= 11 is 16.5. The van der Waals surface area contributed by atoms with E-state index in [1.54, 1.807) is 18.2 Å². The van der Waals surface area contributed by atoms with E-state index in [0.717, 1.165) is 21.2 Å². The minimum atomic E-state index is -0.804. The molecule has 0 aliphatic heterocycles. The highest BCUT2D eigenvalue weighted by atomic mass is 79.9. The molecule has 0 radical (unpaired) electrons. The van der Waals surface area contributed by atoms with Crippen molar-refractivity contribution in [2.75, 3.05) is 6.61 Å². The van der Waals surface area contributed by atoms with Gasteiger partial charge in [-0.15, -0.1) is 0 Å². The van der Waals surface area contributed by atoms with Gasteiger partial charge in [-0.1, -0.05) is 75.5 Å². The topological polar surface area (TPSA) is 58.6 Å². The molecule has 0 saturated carbocycles. The molecule has 3 aromatic rings. The van der Waals surface area contributed by atoms with Crippen molar-refractivity contribution in [2.24, 2.45) is 0 Å². The summed E-state index contributed by atoms with van der Waals surface area (Å²) in [6.45, 7) is 7.50. The van der Waals surface area contributed by atoms with Crippen LogP contribution in [0.4, 0.5) is 0 Å². The SMILES string of the molecule is Cc1cc(OCC(=O)N(Cc2c(Cl)cccc2Cl)[C@@H](Cc2ccccc2)C(=O)NC(C)C)cc(C)c1Br. The van der Waals surface area contributed by atoms with Crippen LogP contribution in [0.3, 0.4) is 0 Å². The smallest absolute Gasteiger partial charge is 0.261 e. The molecule has 0 spiro atoms. The van der Waals surface area contributed by atoms with Crippen molar-refractivity contribution in [2.45, 2.75) is 52.7 Å².